The number of hydrogen-bond donors (Lipinski definition) is 0. The average molecular weight is 468 g/mol. The highest BCUT2D eigenvalue weighted by Crippen LogP contribution is 2.58. The predicted molar refractivity (Wildman–Crippen MR) is 131 cm³/mol. The van der Waals surface area contributed by atoms with Gasteiger partial charge in [0.05, 0.1) is 26.7 Å². The van der Waals surface area contributed by atoms with Gasteiger partial charge in [0, 0.05) is 17.2 Å². The molecule has 1 aliphatic carbocycles. The molecule has 1 heterocycles. The Balaban J connectivity index is 1.74. The van der Waals surface area contributed by atoms with Crippen LogP contribution in [0.2, 0.25) is 0 Å². The molecule has 1 amide bonds. The molecule has 0 saturated heterocycles. The van der Waals surface area contributed by atoms with E-state index in [9.17, 15) is 14.4 Å². The van der Waals surface area contributed by atoms with Crippen LogP contribution in [0.15, 0.2) is 96.6 Å². The summed E-state index contributed by atoms with van der Waals surface area (Å²) in [6.45, 7) is 0.337. The number of nitrogens with zero attached hydrogens (tertiary/aromatic N) is 1. The lowest BCUT2D eigenvalue weighted by Crippen LogP contribution is -2.47. The molecule has 3 aromatic rings. The molecule has 5 rings (SSSR count). The lowest BCUT2D eigenvalue weighted by molar-refractivity contribution is -0.150. The van der Waals surface area contributed by atoms with Crippen molar-refractivity contribution in [1.29, 1.82) is 0 Å². The summed E-state index contributed by atoms with van der Waals surface area (Å²) in [6.07, 6.45) is 1.64. The Morgan fingerprint density at radius 3 is 2.14 bits per heavy atom. The zero-order chi connectivity index (χ0) is 24.6. The molecule has 0 bridgehead atoms. The summed E-state index contributed by atoms with van der Waals surface area (Å²) in [5, 5.41) is 0. The highest BCUT2D eigenvalue weighted by atomic mass is 16.5. The molecule has 0 N–H and O–H groups in total. The molecule has 35 heavy (non-hydrogen) atoms. The van der Waals surface area contributed by atoms with Gasteiger partial charge in [-0.15, -0.1) is 0 Å². The van der Waals surface area contributed by atoms with Crippen molar-refractivity contribution < 1.29 is 23.9 Å². The Morgan fingerprint density at radius 2 is 1.49 bits per heavy atom. The lowest BCUT2D eigenvalue weighted by atomic mass is 9.69. The van der Waals surface area contributed by atoms with Crippen LogP contribution in [0.25, 0.3) is 0 Å². The van der Waals surface area contributed by atoms with Crippen LogP contribution in [0.4, 0.5) is 5.69 Å². The number of amides is 1. The minimum absolute atomic E-state index is 0.266. The maximum Gasteiger partial charge on any atom is 0.334 e. The van der Waals surface area contributed by atoms with Crippen LogP contribution >= 0.6 is 0 Å². The standard InChI is InChI=1S/C29H25NO5/c1-34-26(31)21-17-29(25(27(32)35-2)24(21)20-13-7-4-8-14-20)22-15-9-10-16-23(22)30(28(29)33)18-19-11-5-3-6-12-19/h3-17,24-25H,18H2,1-2H3/t24-,25-,29-/m1/s1. The van der Waals surface area contributed by atoms with E-state index >= 15 is 0 Å². The number of para-hydroxylation sites is 1. The fraction of sp³-hybridized carbons (Fsp3) is 0.207. The summed E-state index contributed by atoms with van der Waals surface area (Å²) in [5.74, 6) is -3.07. The molecule has 0 unspecified atom stereocenters. The van der Waals surface area contributed by atoms with Gasteiger partial charge in [0.2, 0.25) is 5.91 Å². The normalized spacial score (nSPS) is 22.6. The number of anilines is 1. The van der Waals surface area contributed by atoms with E-state index in [1.54, 1.807) is 11.0 Å². The molecule has 3 aromatic carbocycles. The predicted octanol–water partition coefficient (Wildman–Crippen LogP) is 4.16. The number of hydrogen-bond acceptors (Lipinski definition) is 5. The van der Waals surface area contributed by atoms with Crippen molar-refractivity contribution in [2.24, 2.45) is 5.92 Å². The van der Waals surface area contributed by atoms with E-state index in [0.717, 1.165) is 11.1 Å². The van der Waals surface area contributed by atoms with Crippen LogP contribution in [0.5, 0.6) is 0 Å². The maximum atomic E-state index is 14.4. The first-order valence-corrected chi connectivity index (χ1v) is 11.4. The fourth-order valence-corrected chi connectivity index (χ4v) is 5.52. The quantitative estimate of drug-likeness (QED) is 0.527. The molecular formula is C29H25NO5. The van der Waals surface area contributed by atoms with E-state index in [1.165, 1.54) is 14.2 Å². The third kappa shape index (κ3) is 3.44. The van der Waals surface area contributed by atoms with Crippen LogP contribution in [-0.2, 0) is 35.8 Å². The molecule has 0 radical (unpaired) electrons. The molecule has 6 heteroatoms. The summed E-state index contributed by atoms with van der Waals surface area (Å²) >= 11 is 0. The monoisotopic (exact) mass is 467 g/mol. The van der Waals surface area contributed by atoms with Crippen molar-refractivity contribution in [2.45, 2.75) is 17.9 Å². The number of rotatable bonds is 5. The van der Waals surface area contributed by atoms with Crippen LogP contribution in [0.1, 0.15) is 22.6 Å². The molecule has 1 aliphatic heterocycles. The van der Waals surface area contributed by atoms with Gasteiger partial charge in [-0.2, -0.15) is 0 Å². The summed E-state index contributed by atoms with van der Waals surface area (Å²) < 4.78 is 10.4. The van der Waals surface area contributed by atoms with Crippen LogP contribution in [0.3, 0.4) is 0 Å². The van der Waals surface area contributed by atoms with Gasteiger partial charge in [-0.25, -0.2) is 4.79 Å². The van der Waals surface area contributed by atoms with Gasteiger partial charge in [0.25, 0.3) is 0 Å². The van der Waals surface area contributed by atoms with E-state index in [-0.39, 0.29) is 11.5 Å². The molecule has 3 atom stereocenters. The molecule has 6 nitrogen and oxygen atoms in total. The topological polar surface area (TPSA) is 72.9 Å². The van der Waals surface area contributed by atoms with E-state index in [2.05, 4.69) is 0 Å². The summed E-state index contributed by atoms with van der Waals surface area (Å²) in [4.78, 5) is 42.5. The van der Waals surface area contributed by atoms with Crippen LogP contribution < -0.4 is 4.90 Å². The summed E-state index contributed by atoms with van der Waals surface area (Å²) in [7, 11) is 2.61. The number of fused-ring (bicyclic) bond motifs is 2. The second-order valence-corrected chi connectivity index (χ2v) is 8.74. The Kier molecular flexibility index (Phi) is 5.73. The number of carbonyl (C=O) groups is 3. The lowest BCUT2D eigenvalue weighted by Gasteiger charge is -2.31. The van der Waals surface area contributed by atoms with Gasteiger partial charge in [-0.1, -0.05) is 84.9 Å². The van der Waals surface area contributed by atoms with Gasteiger partial charge < -0.3 is 14.4 Å². The first-order valence-electron chi connectivity index (χ1n) is 11.4. The van der Waals surface area contributed by atoms with E-state index in [1.807, 2.05) is 84.9 Å². The molecule has 1 spiro atoms. The third-order valence-corrected chi connectivity index (χ3v) is 7.00. The zero-order valence-corrected chi connectivity index (χ0v) is 19.5. The Labute approximate surface area is 203 Å². The van der Waals surface area contributed by atoms with Gasteiger partial charge in [-0.3, -0.25) is 9.59 Å². The Hall–Kier alpha value is -4.19. The SMILES string of the molecule is COC(=O)C1=C[C@]2(C(=O)N(Cc3ccccc3)c3ccccc32)[C@@H](C(=O)OC)[C@@H]1c1ccccc1. The molecular weight excluding hydrogens is 442 g/mol. The van der Waals surface area contributed by atoms with E-state index in [0.29, 0.717) is 17.8 Å². The largest absolute Gasteiger partial charge is 0.469 e. The number of carbonyl (C=O) groups excluding carboxylic acids is 3. The van der Waals surface area contributed by atoms with Crippen molar-refractivity contribution >= 4 is 23.5 Å². The molecule has 0 fully saturated rings. The number of benzene rings is 3. The molecule has 2 aliphatic rings. The highest BCUT2D eigenvalue weighted by molar-refractivity contribution is 6.14. The Bertz CT molecular complexity index is 1320. The van der Waals surface area contributed by atoms with Gasteiger partial charge >= 0.3 is 11.9 Å². The van der Waals surface area contributed by atoms with Crippen LogP contribution in [0, 0.1) is 5.92 Å². The fourth-order valence-electron chi connectivity index (χ4n) is 5.52. The van der Waals surface area contributed by atoms with Crippen molar-refractivity contribution in [3.8, 4) is 0 Å². The van der Waals surface area contributed by atoms with Crippen molar-refractivity contribution in [2.75, 3.05) is 19.1 Å². The van der Waals surface area contributed by atoms with E-state index in [4.69, 9.17) is 9.47 Å². The smallest absolute Gasteiger partial charge is 0.334 e. The van der Waals surface area contributed by atoms with E-state index < -0.39 is 29.2 Å². The summed E-state index contributed by atoms with van der Waals surface area (Å²) in [6, 6.07) is 26.4. The maximum absolute atomic E-state index is 14.4. The first kappa shape index (κ1) is 22.6. The summed E-state index contributed by atoms with van der Waals surface area (Å²) in [5.41, 5.74) is 1.96. The average Bonchev–Trinajstić information content (AvgIpc) is 3.38. The van der Waals surface area contributed by atoms with Crippen molar-refractivity contribution in [3.05, 3.63) is 113 Å². The second-order valence-electron chi connectivity index (χ2n) is 8.74. The zero-order valence-electron chi connectivity index (χ0n) is 19.5. The van der Waals surface area contributed by atoms with Gasteiger partial charge in [0.1, 0.15) is 5.41 Å². The van der Waals surface area contributed by atoms with Crippen molar-refractivity contribution in [1.82, 2.24) is 0 Å². The molecule has 0 saturated carbocycles. The van der Waals surface area contributed by atoms with Gasteiger partial charge in [-0.05, 0) is 22.8 Å². The molecule has 0 aromatic heterocycles. The minimum atomic E-state index is -1.40. The van der Waals surface area contributed by atoms with Crippen molar-refractivity contribution in [3.63, 3.8) is 0 Å². The molecule has 176 valence electrons. The highest BCUT2D eigenvalue weighted by Gasteiger charge is 2.64. The first-order chi connectivity index (χ1) is 17.0. The second kappa shape index (κ2) is 8.87. The number of ether oxygens (including phenoxy) is 2. The third-order valence-electron chi connectivity index (χ3n) is 7.00. The number of methoxy groups -OCH3 is 2. The minimum Gasteiger partial charge on any atom is -0.469 e. The van der Waals surface area contributed by atoms with Gasteiger partial charge in [0.15, 0.2) is 0 Å². The van der Waals surface area contributed by atoms with Crippen LogP contribution in [-0.4, -0.2) is 32.1 Å². The number of esters is 2. The Morgan fingerprint density at radius 1 is 0.857 bits per heavy atom.